The Hall–Kier alpha value is -3.55. The summed E-state index contributed by atoms with van der Waals surface area (Å²) in [4.78, 5) is 15.6. The second-order valence-electron chi connectivity index (χ2n) is 8.71. The lowest BCUT2D eigenvalue weighted by Crippen LogP contribution is -2.42. The van der Waals surface area contributed by atoms with Gasteiger partial charge in [-0.25, -0.2) is 10.9 Å². The van der Waals surface area contributed by atoms with E-state index in [9.17, 15) is 9.90 Å². The van der Waals surface area contributed by atoms with Gasteiger partial charge in [-0.3, -0.25) is 4.79 Å². The van der Waals surface area contributed by atoms with Gasteiger partial charge in [0.15, 0.2) is 11.5 Å². The quantitative estimate of drug-likeness (QED) is 0.503. The van der Waals surface area contributed by atoms with E-state index in [4.69, 9.17) is 9.47 Å². The van der Waals surface area contributed by atoms with Crippen molar-refractivity contribution in [1.29, 1.82) is 0 Å². The highest BCUT2D eigenvalue weighted by molar-refractivity contribution is 5.86. The zero-order chi connectivity index (χ0) is 23.7. The third-order valence-electron chi connectivity index (χ3n) is 6.92. The summed E-state index contributed by atoms with van der Waals surface area (Å²) in [6.45, 7) is 0.566. The molecule has 0 saturated carbocycles. The first-order valence-corrected chi connectivity index (χ1v) is 11.5. The van der Waals surface area contributed by atoms with E-state index in [1.165, 1.54) is 0 Å². The predicted octanol–water partition coefficient (Wildman–Crippen LogP) is 3.37. The van der Waals surface area contributed by atoms with E-state index in [2.05, 4.69) is 23.0 Å². The molecule has 34 heavy (non-hydrogen) atoms. The van der Waals surface area contributed by atoms with Crippen LogP contribution in [0.25, 0.3) is 0 Å². The minimum absolute atomic E-state index is 0.0600. The molecular weight excluding hydrogens is 430 g/mol. The van der Waals surface area contributed by atoms with Gasteiger partial charge in [-0.05, 0) is 35.7 Å². The summed E-state index contributed by atoms with van der Waals surface area (Å²) >= 11 is 0. The van der Waals surface area contributed by atoms with E-state index in [-0.39, 0.29) is 35.7 Å². The van der Waals surface area contributed by atoms with Gasteiger partial charge in [0, 0.05) is 18.0 Å². The summed E-state index contributed by atoms with van der Waals surface area (Å²) in [5, 5.41) is 10.5. The molecule has 7 heteroatoms. The first-order chi connectivity index (χ1) is 16.6. The molecule has 7 nitrogen and oxygen atoms in total. The number of nitrogens with zero attached hydrogens (tertiary/aromatic N) is 1. The zero-order valence-electron chi connectivity index (χ0n) is 19.3. The number of phenolic OH excluding ortho intramolecular Hbond substituents is 1. The highest BCUT2D eigenvalue weighted by Crippen LogP contribution is 2.48. The minimum atomic E-state index is -0.375. The topological polar surface area (TPSA) is 83.1 Å². The largest absolute Gasteiger partial charge is 0.508 e. The average Bonchev–Trinajstić information content (AvgIpc) is 3.42. The van der Waals surface area contributed by atoms with Crippen LogP contribution in [0.3, 0.4) is 0 Å². The van der Waals surface area contributed by atoms with Crippen LogP contribution in [0.4, 0.5) is 0 Å². The van der Waals surface area contributed by atoms with Crippen molar-refractivity contribution in [2.45, 2.75) is 24.5 Å². The number of carbonyl (C=O) groups excluding carboxylic acids is 1. The smallest absolute Gasteiger partial charge is 0.242 e. The Morgan fingerprint density at radius 3 is 2.32 bits per heavy atom. The molecule has 4 atom stereocenters. The van der Waals surface area contributed by atoms with Crippen LogP contribution >= 0.6 is 0 Å². The number of likely N-dealkylation sites (tertiary alicyclic amines) is 1. The van der Waals surface area contributed by atoms with Crippen molar-refractivity contribution in [2.75, 3.05) is 20.8 Å². The molecule has 0 aromatic heterocycles. The molecule has 2 saturated heterocycles. The number of para-hydroxylation sites is 1. The van der Waals surface area contributed by atoms with Crippen LogP contribution in [0.2, 0.25) is 0 Å². The summed E-state index contributed by atoms with van der Waals surface area (Å²) in [5.74, 6) is 1.57. The first-order valence-electron chi connectivity index (χ1n) is 11.5. The number of methoxy groups -OCH3 is 2. The van der Waals surface area contributed by atoms with Gasteiger partial charge in [0.05, 0.1) is 26.3 Å². The normalized spacial score (nSPS) is 23.7. The van der Waals surface area contributed by atoms with Crippen LogP contribution in [0.5, 0.6) is 17.2 Å². The highest BCUT2D eigenvalue weighted by Gasteiger charge is 2.55. The van der Waals surface area contributed by atoms with E-state index < -0.39 is 0 Å². The van der Waals surface area contributed by atoms with Gasteiger partial charge < -0.3 is 19.5 Å². The molecule has 2 heterocycles. The molecule has 3 N–H and O–H groups in total. The van der Waals surface area contributed by atoms with Gasteiger partial charge in [0.1, 0.15) is 11.8 Å². The molecule has 1 amide bonds. The molecule has 0 bridgehead atoms. The van der Waals surface area contributed by atoms with Crippen molar-refractivity contribution >= 4 is 5.91 Å². The standard InChI is InChI=1S/C27H29N3O4/c1-33-21-13-12-17(16-22(21)34-2)14-15-30-26(18-8-4-3-5-9-18)23-24(28-29-25(23)27(30)32)19-10-6-7-11-20(19)31/h3-13,16,23-26,28-29,31H,14-15H2,1-2H3. The highest BCUT2D eigenvalue weighted by atomic mass is 16.5. The van der Waals surface area contributed by atoms with E-state index in [1.54, 1.807) is 20.3 Å². The van der Waals surface area contributed by atoms with Crippen LogP contribution in [0, 0.1) is 5.92 Å². The van der Waals surface area contributed by atoms with Gasteiger partial charge >= 0.3 is 0 Å². The fourth-order valence-corrected chi connectivity index (χ4v) is 5.30. The van der Waals surface area contributed by atoms with Crippen molar-refractivity contribution < 1.29 is 19.4 Å². The van der Waals surface area contributed by atoms with Crippen molar-refractivity contribution in [3.8, 4) is 17.2 Å². The number of carbonyl (C=O) groups is 1. The fraction of sp³-hybridized carbons (Fsp3) is 0.296. The molecule has 2 aliphatic heterocycles. The number of hydrogen-bond acceptors (Lipinski definition) is 6. The van der Waals surface area contributed by atoms with Gasteiger partial charge in [-0.1, -0.05) is 54.6 Å². The van der Waals surface area contributed by atoms with Crippen molar-refractivity contribution in [1.82, 2.24) is 15.8 Å². The van der Waals surface area contributed by atoms with Gasteiger partial charge in [-0.2, -0.15) is 0 Å². The third-order valence-corrected chi connectivity index (χ3v) is 6.92. The molecule has 0 radical (unpaired) electrons. The molecule has 3 aromatic carbocycles. The molecule has 176 valence electrons. The summed E-state index contributed by atoms with van der Waals surface area (Å²) in [5.41, 5.74) is 9.44. The average molecular weight is 460 g/mol. The second kappa shape index (κ2) is 9.37. The maximum absolute atomic E-state index is 13.6. The Morgan fingerprint density at radius 1 is 0.882 bits per heavy atom. The number of phenols is 1. The van der Waals surface area contributed by atoms with Crippen molar-refractivity contribution in [3.05, 3.63) is 89.5 Å². The molecule has 2 fully saturated rings. The number of amides is 1. The third kappa shape index (κ3) is 3.87. The van der Waals surface area contributed by atoms with Crippen LogP contribution < -0.4 is 20.3 Å². The fourth-order valence-electron chi connectivity index (χ4n) is 5.30. The maximum atomic E-state index is 13.6. The molecule has 4 unspecified atom stereocenters. The van der Waals surface area contributed by atoms with Gasteiger partial charge in [0.2, 0.25) is 5.91 Å². The Kier molecular flexibility index (Phi) is 6.13. The van der Waals surface area contributed by atoms with Crippen LogP contribution in [-0.4, -0.2) is 42.7 Å². The Labute approximate surface area is 199 Å². The predicted molar refractivity (Wildman–Crippen MR) is 129 cm³/mol. The molecule has 0 spiro atoms. The molecule has 5 rings (SSSR count). The lowest BCUT2D eigenvalue weighted by Gasteiger charge is -2.31. The van der Waals surface area contributed by atoms with E-state index >= 15 is 0 Å². The number of nitrogens with one attached hydrogen (secondary N) is 2. The lowest BCUT2D eigenvalue weighted by molar-refractivity contribution is -0.130. The van der Waals surface area contributed by atoms with E-state index in [0.29, 0.717) is 24.5 Å². The summed E-state index contributed by atoms with van der Waals surface area (Å²) in [7, 11) is 3.24. The monoisotopic (exact) mass is 459 g/mol. The van der Waals surface area contributed by atoms with Crippen LogP contribution in [-0.2, 0) is 11.2 Å². The maximum Gasteiger partial charge on any atom is 0.242 e. The number of aromatic hydroxyl groups is 1. The summed E-state index contributed by atoms with van der Waals surface area (Å²) in [6, 6.07) is 22.6. The van der Waals surface area contributed by atoms with Crippen LogP contribution in [0.15, 0.2) is 72.8 Å². The minimum Gasteiger partial charge on any atom is -0.508 e. The molecular formula is C27H29N3O4. The summed E-state index contributed by atoms with van der Waals surface area (Å²) in [6.07, 6.45) is 0.684. The van der Waals surface area contributed by atoms with Crippen molar-refractivity contribution in [2.24, 2.45) is 5.92 Å². The van der Waals surface area contributed by atoms with E-state index in [1.807, 2.05) is 59.5 Å². The number of hydrazine groups is 1. The Balaban J connectivity index is 1.46. The number of benzene rings is 3. The number of fused-ring (bicyclic) bond motifs is 1. The van der Waals surface area contributed by atoms with Crippen LogP contribution in [0.1, 0.15) is 28.8 Å². The molecule has 0 aliphatic carbocycles. The number of ether oxygens (including phenoxy) is 2. The zero-order valence-corrected chi connectivity index (χ0v) is 19.3. The van der Waals surface area contributed by atoms with Crippen molar-refractivity contribution in [3.63, 3.8) is 0 Å². The number of rotatable bonds is 7. The Bertz CT molecular complexity index is 1170. The van der Waals surface area contributed by atoms with E-state index in [0.717, 1.165) is 16.7 Å². The molecule has 2 aliphatic rings. The first kappa shape index (κ1) is 22.3. The van der Waals surface area contributed by atoms with Gasteiger partial charge in [-0.15, -0.1) is 0 Å². The Morgan fingerprint density at radius 2 is 1.59 bits per heavy atom. The van der Waals surface area contributed by atoms with Gasteiger partial charge in [0.25, 0.3) is 0 Å². The number of hydrogen-bond donors (Lipinski definition) is 3. The SMILES string of the molecule is COc1ccc(CCN2C(=O)C3NNC(c4ccccc4O)C3C2c2ccccc2)cc1OC. The second-order valence-corrected chi connectivity index (χ2v) is 8.71. The lowest BCUT2D eigenvalue weighted by atomic mass is 9.83. The summed E-state index contributed by atoms with van der Waals surface area (Å²) < 4.78 is 10.8. The molecule has 3 aromatic rings.